The summed E-state index contributed by atoms with van der Waals surface area (Å²) in [5.41, 5.74) is 0.776. The van der Waals surface area contributed by atoms with Crippen molar-refractivity contribution in [3.05, 3.63) is 58.4 Å². The van der Waals surface area contributed by atoms with Crippen LogP contribution in [0.25, 0.3) is 11.1 Å². The molecule has 0 atom stereocenters. The van der Waals surface area contributed by atoms with Gasteiger partial charge in [-0.25, -0.2) is 13.2 Å². The van der Waals surface area contributed by atoms with Gasteiger partial charge in [0, 0.05) is 29.3 Å². The maximum atomic E-state index is 13.7. The predicted molar refractivity (Wildman–Crippen MR) is 69.5 cm³/mol. The van der Waals surface area contributed by atoms with Crippen molar-refractivity contribution in [1.82, 2.24) is 5.32 Å². The summed E-state index contributed by atoms with van der Waals surface area (Å²) in [4.78, 5) is 0. The summed E-state index contributed by atoms with van der Waals surface area (Å²) in [6.45, 7) is 0.592. The summed E-state index contributed by atoms with van der Waals surface area (Å²) in [7, 11) is 1.78. The molecule has 100 valence electrons. The Kier molecular flexibility index (Phi) is 4.12. The fraction of sp³-hybridized carbons (Fsp3) is 0.143. The molecular formula is C14H11ClF3N. The van der Waals surface area contributed by atoms with E-state index in [1.807, 2.05) is 0 Å². The standard InChI is InChI=1S/C14H11ClF3N/c1-19-7-8-2-3-10(11(15)4-8)14-12(17)5-9(16)6-13(14)18/h2-6,19H,7H2,1H3. The van der Waals surface area contributed by atoms with Gasteiger partial charge in [0.25, 0.3) is 0 Å². The van der Waals surface area contributed by atoms with Crippen molar-refractivity contribution in [2.24, 2.45) is 0 Å². The molecule has 0 amide bonds. The molecule has 2 aromatic rings. The SMILES string of the molecule is CNCc1ccc(-c2c(F)cc(F)cc2F)c(Cl)c1. The highest BCUT2D eigenvalue weighted by Crippen LogP contribution is 2.33. The molecular weight excluding hydrogens is 275 g/mol. The van der Waals surface area contributed by atoms with Crippen LogP contribution in [0.1, 0.15) is 5.56 Å². The molecule has 19 heavy (non-hydrogen) atoms. The van der Waals surface area contributed by atoms with Gasteiger partial charge >= 0.3 is 0 Å². The van der Waals surface area contributed by atoms with Crippen LogP contribution in [0.5, 0.6) is 0 Å². The molecule has 0 unspecified atom stereocenters. The molecule has 0 heterocycles. The van der Waals surface area contributed by atoms with Crippen LogP contribution in [0, 0.1) is 17.5 Å². The number of benzene rings is 2. The van der Waals surface area contributed by atoms with E-state index < -0.39 is 17.5 Å². The lowest BCUT2D eigenvalue weighted by molar-refractivity contribution is 0.548. The van der Waals surface area contributed by atoms with Gasteiger partial charge in [0.05, 0.1) is 5.56 Å². The highest BCUT2D eigenvalue weighted by Gasteiger charge is 2.16. The first-order chi connectivity index (χ1) is 9.02. The Balaban J connectivity index is 2.53. The number of nitrogens with one attached hydrogen (secondary N) is 1. The van der Waals surface area contributed by atoms with Crippen molar-refractivity contribution < 1.29 is 13.2 Å². The second-order valence-electron chi connectivity index (χ2n) is 4.09. The normalized spacial score (nSPS) is 10.8. The van der Waals surface area contributed by atoms with Gasteiger partial charge in [-0.2, -0.15) is 0 Å². The zero-order chi connectivity index (χ0) is 14.0. The second-order valence-corrected chi connectivity index (χ2v) is 4.50. The van der Waals surface area contributed by atoms with Gasteiger partial charge in [-0.15, -0.1) is 0 Å². The van der Waals surface area contributed by atoms with Crippen LogP contribution in [0.4, 0.5) is 13.2 Å². The maximum Gasteiger partial charge on any atom is 0.136 e. The van der Waals surface area contributed by atoms with E-state index in [0.29, 0.717) is 18.7 Å². The van der Waals surface area contributed by atoms with Crippen molar-refractivity contribution >= 4 is 11.6 Å². The minimum atomic E-state index is -0.972. The lowest BCUT2D eigenvalue weighted by atomic mass is 10.0. The predicted octanol–water partition coefficient (Wildman–Crippen LogP) is 4.14. The van der Waals surface area contributed by atoms with Gasteiger partial charge in [0.2, 0.25) is 0 Å². The van der Waals surface area contributed by atoms with Gasteiger partial charge in [-0.3, -0.25) is 0 Å². The zero-order valence-corrected chi connectivity index (χ0v) is 10.9. The van der Waals surface area contributed by atoms with E-state index in [-0.39, 0.29) is 16.1 Å². The van der Waals surface area contributed by atoms with Gasteiger partial charge < -0.3 is 5.32 Å². The molecule has 0 aromatic heterocycles. The first-order valence-corrected chi connectivity index (χ1v) is 5.98. The molecule has 1 nitrogen and oxygen atoms in total. The Bertz CT molecular complexity index is 591. The Labute approximate surface area is 114 Å². The van der Waals surface area contributed by atoms with E-state index >= 15 is 0 Å². The van der Waals surface area contributed by atoms with Crippen LogP contribution in [-0.2, 0) is 6.54 Å². The molecule has 0 aliphatic carbocycles. The summed E-state index contributed by atoms with van der Waals surface area (Å²) >= 11 is 6.03. The van der Waals surface area contributed by atoms with Crippen molar-refractivity contribution in [3.63, 3.8) is 0 Å². The molecule has 5 heteroatoms. The monoisotopic (exact) mass is 285 g/mol. The van der Waals surface area contributed by atoms with Crippen LogP contribution in [0.3, 0.4) is 0 Å². The van der Waals surface area contributed by atoms with Crippen LogP contribution in [0.15, 0.2) is 30.3 Å². The fourth-order valence-electron chi connectivity index (χ4n) is 1.87. The van der Waals surface area contributed by atoms with Gasteiger partial charge in [-0.1, -0.05) is 23.7 Å². The Morgan fingerprint density at radius 1 is 1.05 bits per heavy atom. The highest BCUT2D eigenvalue weighted by atomic mass is 35.5. The molecule has 1 N–H and O–H groups in total. The highest BCUT2D eigenvalue weighted by molar-refractivity contribution is 6.33. The maximum absolute atomic E-state index is 13.7. The Morgan fingerprint density at radius 3 is 2.21 bits per heavy atom. The van der Waals surface area contributed by atoms with Crippen LogP contribution in [0.2, 0.25) is 5.02 Å². The topological polar surface area (TPSA) is 12.0 Å². The van der Waals surface area contributed by atoms with Gasteiger partial charge in [0.15, 0.2) is 0 Å². The lowest BCUT2D eigenvalue weighted by Gasteiger charge is -2.09. The minimum Gasteiger partial charge on any atom is -0.316 e. The average molecular weight is 286 g/mol. The van der Waals surface area contributed by atoms with Crippen LogP contribution in [-0.4, -0.2) is 7.05 Å². The van der Waals surface area contributed by atoms with Crippen molar-refractivity contribution in [1.29, 1.82) is 0 Å². The lowest BCUT2D eigenvalue weighted by Crippen LogP contribution is -2.05. The van der Waals surface area contributed by atoms with E-state index in [2.05, 4.69) is 5.32 Å². The Morgan fingerprint density at radius 2 is 1.68 bits per heavy atom. The van der Waals surface area contributed by atoms with E-state index in [0.717, 1.165) is 5.56 Å². The van der Waals surface area contributed by atoms with E-state index in [1.54, 1.807) is 19.2 Å². The zero-order valence-electron chi connectivity index (χ0n) is 10.1. The van der Waals surface area contributed by atoms with Crippen molar-refractivity contribution in [3.8, 4) is 11.1 Å². The molecule has 0 saturated heterocycles. The first kappa shape index (κ1) is 13.9. The molecule has 2 aromatic carbocycles. The molecule has 0 saturated carbocycles. The summed E-state index contributed by atoms with van der Waals surface area (Å²) in [5, 5.41) is 3.16. The number of rotatable bonds is 3. The third kappa shape index (κ3) is 2.91. The van der Waals surface area contributed by atoms with E-state index in [1.165, 1.54) is 6.07 Å². The van der Waals surface area contributed by atoms with Crippen molar-refractivity contribution in [2.45, 2.75) is 6.54 Å². The average Bonchev–Trinajstić information content (AvgIpc) is 2.31. The molecule has 0 bridgehead atoms. The minimum absolute atomic E-state index is 0.205. The molecule has 0 fully saturated rings. The van der Waals surface area contributed by atoms with Crippen molar-refractivity contribution in [2.75, 3.05) is 7.05 Å². The third-order valence-electron chi connectivity index (χ3n) is 2.69. The smallest absolute Gasteiger partial charge is 0.136 e. The van der Waals surface area contributed by atoms with Gasteiger partial charge in [-0.05, 0) is 18.7 Å². The fourth-order valence-corrected chi connectivity index (χ4v) is 2.17. The molecule has 2 rings (SSSR count). The molecule has 0 spiro atoms. The summed E-state index contributed by atoms with van der Waals surface area (Å²) in [5.74, 6) is -2.90. The van der Waals surface area contributed by atoms with E-state index in [9.17, 15) is 13.2 Å². The largest absolute Gasteiger partial charge is 0.316 e. The number of hydrogen-bond acceptors (Lipinski definition) is 1. The summed E-state index contributed by atoms with van der Waals surface area (Å²) in [6, 6.07) is 6.12. The van der Waals surface area contributed by atoms with Gasteiger partial charge in [0.1, 0.15) is 17.5 Å². The third-order valence-corrected chi connectivity index (χ3v) is 3.00. The summed E-state index contributed by atoms with van der Waals surface area (Å²) < 4.78 is 40.2. The summed E-state index contributed by atoms with van der Waals surface area (Å²) in [6.07, 6.45) is 0. The molecule has 0 aliphatic heterocycles. The first-order valence-electron chi connectivity index (χ1n) is 5.61. The van der Waals surface area contributed by atoms with Crippen LogP contribution >= 0.6 is 11.6 Å². The number of hydrogen-bond donors (Lipinski definition) is 1. The quantitative estimate of drug-likeness (QED) is 0.893. The Hall–Kier alpha value is -1.52. The second kappa shape index (κ2) is 5.63. The van der Waals surface area contributed by atoms with Crippen LogP contribution < -0.4 is 5.32 Å². The number of halogens is 4. The van der Waals surface area contributed by atoms with E-state index in [4.69, 9.17) is 11.6 Å². The molecule has 0 aliphatic rings. The molecule has 0 radical (unpaired) electrons.